The van der Waals surface area contributed by atoms with Crippen LogP contribution in [-0.2, 0) is 0 Å². The number of rotatable bonds is 4. The Bertz CT molecular complexity index is 1450. The van der Waals surface area contributed by atoms with Gasteiger partial charge in [-0.3, -0.25) is 4.98 Å². The number of aromatic nitrogens is 6. The zero-order valence-corrected chi connectivity index (χ0v) is 15.9. The van der Waals surface area contributed by atoms with E-state index in [9.17, 15) is 14.3 Å². The van der Waals surface area contributed by atoms with Crippen LogP contribution in [0.15, 0.2) is 34.2 Å². The predicted octanol–water partition coefficient (Wildman–Crippen LogP) is 1.04. The van der Waals surface area contributed by atoms with Crippen LogP contribution in [0.1, 0.15) is 18.5 Å². The molecule has 1 fully saturated rings. The fraction of sp³-hybridized carbons (Fsp3) is 0.167. The zero-order chi connectivity index (χ0) is 20.8. The zero-order valence-electron chi connectivity index (χ0n) is 15.1. The number of imidazole rings is 1. The number of fused-ring (bicyclic) bond motifs is 1. The van der Waals surface area contributed by atoms with Crippen LogP contribution in [0.3, 0.4) is 0 Å². The Balaban J connectivity index is 1.68. The SMILES string of the molecule is O=c1[nH]c(O)c(/C=c2\cnn3c(=NC4CC4)nc(Oc4ccc(Cl)cc4F)nc23)[nH]1. The standard InChI is InChI=1S/C18H13ClFN7O3/c19-9-1-4-13(11(20)6-9)30-18-24-14-8(5-12-15(28)25-17(29)23-12)7-21-27(14)16(26-18)22-10-2-3-10/h1,4-7,10,28H,2-3H2,(H2,23,25,29)/b8-5+,22-16?. The van der Waals surface area contributed by atoms with Gasteiger partial charge in [-0.1, -0.05) is 11.6 Å². The minimum absolute atomic E-state index is 0.0984. The lowest BCUT2D eigenvalue weighted by Crippen LogP contribution is -2.23. The van der Waals surface area contributed by atoms with E-state index in [1.54, 1.807) is 0 Å². The first kappa shape index (κ1) is 18.3. The Morgan fingerprint density at radius 3 is 2.87 bits per heavy atom. The van der Waals surface area contributed by atoms with E-state index in [0.717, 1.165) is 18.9 Å². The van der Waals surface area contributed by atoms with Gasteiger partial charge in [0.15, 0.2) is 17.2 Å². The Labute approximate surface area is 171 Å². The Kier molecular flexibility index (Phi) is 4.24. The molecular formula is C18H13ClFN7O3. The van der Waals surface area contributed by atoms with Crippen LogP contribution in [0, 0.1) is 5.82 Å². The molecule has 1 aliphatic carbocycles. The number of aromatic amines is 2. The average molecular weight is 430 g/mol. The molecule has 152 valence electrons. The maximum absolute atomic E-state index is 14.1. The van der Waals surface area contributed by atoms with Crippen LogP contribution in [0.25, 0.3) is 11.7 Å². The first-order valence-electron chi connectivity index (χ1n) is 8.92. The lowest BCUT2D eigenvalue weighted by Gasteiger charge is -2.05. The van der Waals surface area contributed by atoms with Gasteiger partial charge in [0.05, 0.1) is 12.2 Å². The van der Waals surface area contributed by atoms with E-state index in [1.165, 1.54) is 28.9 Å². The molecule has 4 aromatic rings. The third-order valence-electron chi connectivity index (χ3n) is 4.33. The van der Waals surface area contributed by atoms with Crippen LogP contribution in [-0.4, -0.2) is 40.7 Å². The molecule has 3 N–H and O–H groups in total. The van der Waals surface area contributed by atoms with Gasteiger partial charge >= 0.3 is 11.7 Å². The summed E-state index contributed by atoms with van der Waals surface area (Å²) in [6.45, 7) is 0. The maximum atomic E-state index is 14.1. The summed E-state index contributed by atoms with van der Waals surface area (Å²) in [5, 5.41) is 14.7. The van der Waals surface area contributed by atoms with E-state index < -0.39 is 11.5 Å². The van der Waals surface area contributed by atoms with E-state index in [4.69, 9.17) is 16.3 Å². The molecular weight excluding hydrogens is 417 g/mol. The summed E-state index contributed by atoms with van der Waals surface area (Å²) in [5.41, 5.74) is 0.144. The van der Waals surface area contributed by atoms with E-state index in [0.29, 0.717) is 10.9 Å². The molecule has 0 unspecified atom stereocenters. The number of H-pyrrole nitrogens is 2. The van der Waals surface area contributed by atoms with Gasteiger partial charge in [0, 0.05) is 10.2 Å². The van der Waals surface area contributed by atoms with Crippen LogP contribution >= 0.6 is 11.6 Å². The second-order valence-electron chi connectivity index (χ2n) is 6.66. The van der Waals surface area contributed by atoms with Crippen molar-refractivity contribution in [2.45, 2.75) is 18.9 Å². The molecule has 0 saturated heterocycles. The van der Waals surface area contributed by atoms with E-state index in [1.807, 2.05) is 0 Å². The molecule has 1 aromatic carbocycles. The third-order valence-corrected chi connectivity index (χ3v) is 4.57. The Morgan fingerprint density at radius 1 is 1.33 bits per heavy atom. The van der Waals surface area contributed by atoms with Gasteiger partial charge in [-0.15, -0.1) is 0 Å². The molecule has 30 heavy (non-hydrogen) atoms. The second-order valence-corrected chi connectivity index (χ2v) is 7.10. The van der Waals surface area contributed by atoms with Crippen molar-refractivity contribution in [1.29, 1.82) is 0 Å². The molecule has 12 heteroatoms. The molecule has 5 rings (SSSR count). The fourth-order valence-electron chi connectivity index (χ4n) is 2.76. The van der Waals surface area contributed by atoms with Crippen LogP contribution in [0.2, 0.25) is 5.02 Å². The molecule has 0 spiro atoms. The van der Waals surface area contributed by atoms with Crippen LogP contribution < -0.4 is 21.3 Å². The molecule has 1 aliphatic rings. The van der Waals surface area contributed by atoms with Crippen molar-refractivity contribution in [1.82, 2.24) is 29.5 Å². The van der Waals surface area contributed by atoms with Gasteiger partial charge in [-0.25, -0.2) is 14.2 Å². The quantitative estimate of drug-likeness (QED) is 0.444. The second kappa shape index (κ2) is 6.95. The number of halogens is 2. The number of benzene rings is 1. The van der Waals surface area contributed by atoms with Gasteiger partial charge in [0.1, 0.15) is 5.69 Å². The first-order chi connectivity index (χ1) is 14.5. The van der Waals surface area contributed by atoms with Crippen molar-refractivity contribution in [3.63, 3.8) is 0 Å². The van der Waals surface area contributed by atoms with Crippen molar-refractivity contribution in [3.05, 3.63) is 62.3 Å². The largest absolute Gasteiger partial charge is 0.493 e. The Morgan fingerprint density at radius 2 is 2.17 bits per heavy atom. The van der Waals surface area contributed by atoms with Gasteiger partial charge in [-0.05, 0) is 37.1 Å². The topological polar surface area (TPSA) is 134 Å². The molecule has 0 bridgehead atoms. The smallest absolute Gasteiger partial charge is 0.327 e. The van der Waals surface area contributed by atoms with Crippen molar-refractivity contribution in [2.75, 3.05) is 0 Å². The average Bonchev–Trinajstić information content (AvgIpc) is 3.33. The lowest BCUT2D eigenvalue weighted by atomic mass is 10.3. The van der Waals surface area contributed by atoms with Crippen LogP contribution in [0.5, 0.6) is 17.6 Å². The van der Waals surface area contributed by atoms with Crippen molar-refractivity contribution >= 4 is 23.3 Å². The van der Waals surface area contributed by atoms with Crippen molar-refractivity contribution in [3.8, 4) is 17.6 Å². The number of nitrogens with zero attached hydrogens (tertiary/aromatic N) is 5. The molecule has 0 aliphatic heterocycles. The minimum Gasteiger partial charge on any atom is -0.493 e. The number of nitrogens with one attached hydrogen (secondary N) is 2. The van der Waals surface area contributed by atoms with Crippen molar-refractivity contribution < 1.29 is 14.2 Å². The molecule has 1 saturated carbocycles. The maximum Gasteiger partial charge on any atom is 0.327 e. The third kappa shape index (κ3) is 3.50. The van der Waals surface area contributed by atoms with Gasteiger partial charge in [0.2, 0.25) is 5.88 Å². The molecule has 0 atom stereocenters. The monoisotopic (exact) mass is 429 g/mol. The number of ether oxygens (including phenoxy) is 1. The normalized spacial score (nSPS) is 15.3. The highest BCUT2D eigenvalue weighted by atomic mass is 35.5. The summed E-state index contributed by atoms with van der Waals surface area (Å²) in [7, 11) is 0. The molecule has 10 nitrogen and oxygen atoms in total. The fourth-order valence-corrected chi connectivity index (χ4v) is 2.92. The summed E-state index contributed by atoms with van der Waals surface area (Å²) in [6.07, 6.45) is 4.84. The van der Waals surface area contributed by atoms with Crippen LogP contribution in [0.4, 0.5) is 4.39 Å². The van der Waals surface area contributed by atoms with E-state index >= 15 is 0 Å². The van der Waals surface area contributed by atoms with Gasteiger partial charge in [0.25, 0.3) is 5.62 Å². The molecule has 3 heterocycles. The number of hydrogen-bond donors (Lipinski definition) is 3. The summed E-state index contributed by atoms with van der Waals surface area (Å²) in [6, 6.07) is 3.97. The van der Waals surface area contributed by atoms with E-state index in [2.05, 4.69) is 30.0 Å². The summed E-state index contributed by atoms with van der Waals surface area (Å²) >= 11 is 5.78. The highest BCUT2D eigenvalue weighted by Gasteiger charge is 2.21. The molecule has 0 radical (unpaired) electrons. The lowest BCUT2D eigenvalue weighted by molar-refractivity contribution is 0.406. The summed E-state index contributed by atoms with van der Waals surface area (Å²) in [4.78, 5) is 29.1. The Hall–Kier alpha value is -3.73. The number of aromatic hydroxyl groups is 1. The van der Waals surface area contributed by atoms with E-state index in [-0.39, 0.29) is 40.0 Å². The summed E-state index contributed by atoms with van der Waals surface area (Å²) < 4.78 is 21.1. The highest BCUT2D eigenvalue weighted by Crippen LogP contribution is 2.25. The first-order valence-corrected chi connectivity index (χ1v) is 9.29. The number of hydrogen-bond acceptors (Lipinski definition) is 7. The minimum atomic E-state index is -0.665. The highest BCUT2D eigenvalue weighted by molar-refractivity contribution is 6.30. The van der Waals surface area contributed by atoms with Gasteiger partial charge in [-0.2, -0.15) is 19.6 Å². The summed E-state index contributed by atoms with van der Waals surface area (Å²) in [5.74, 6) is -1.09. The molecule has 3 aromatic heterocycles. The molecule has 0 amide bonds. The van der Waals surface area contributed by atoms with Gasteiger partial charge < -0.3 is 14.8 Å². The predicted molar refractivity (Wildman–Crippen MR) is 103 cm³/mol. The van der Waals surface area contributed by atoms with Crippen molar-refractivity contribution in [2.24, 2.45) is 4.99 Å².